The molecule has 2 rings (SSSR count). The number of benzene rings is 1. The molecule has 2 aromatic rings. The van der Waals surface area contributed by atoms with Gasteiger partial charge in [0.05, 0.1) is 5.69 Å². The zero-order valence-corrected chi connectivity index (χ0v) is 11.7. The highest BCUT2D eigenvalue weighted by molar-refractivity contribution is 5.95. The number of amides is 1. The molecule has 0 aliphatic heterocycles. The first-order chi connectivity index (χ1) is 10.2. The number of ether oxygens (including phenoxy) is 1. The SMILES string of the molecule is CN(CC(=O)OCc1ccccn1)C(=O)c1ccccc1. The smallest absolute Gasteiger partial charge is 0.326 e. The number of esters is 1. The van der Waals surface area contributed by atoms with Crippen LogP contribution in [0, 0.1) is 0 Å². The molecular weight excluding hydrogens is 268 g/mol. The fourth-order valence-electron chi connectivity index (χ4n) is 1.75. The summed E-state index contributed by atoms with van der Waals surface area (Å²) in [6.45, 7) is 0.00754. The van der Waals surface area contributed by atoms with E-state index < -0.39 is 5.97 Å². The molecule has 0 N–H and O–H groups in total. The lowest BCUT2D eigenvalue weighted by molar-refractivity contribution is -0.145. The van der Waals surface area contributed by atoms with Gasteiger partial charge in [-0.1, -0.05) is 24.3 Å². The monoisotopic (exact) mass is 284 g/mol. The highest BCUT2D eigenvalue weighted by atomic mass is 16.5. The number of nitrogens with zero attached hydrogens (tertiary/aromatic N) is 2. The molecular formula is C16H16N2O3. The Morgan fingerprint density at radius 1 is 1.10 bits per heavy atom. The first kappa shape index (κ1) is 14.7. The molecule has 1 aromatic heterocycles. The predicted molar refractivity (Wildman–Crippen MR) is 77.4 cm³/mol. The summed E-state index contributed by atoms with van der Waals surface area (Å²) in [5.41, 5.74) is 1.21. The fourth-order valence-corrected chi connectivity index (χ4v) is 1.75. The topological polar surface area (TPSA) is 59.5 Å². The molecule has 0 spiro atoms. The molecule has 5 heteroatoms. The van der Waals surface area contributed by atoms with Crippen molar-refractivity contribution in [3.05, 3.63) is 66.0 Å². The van der Waals surface area contributed by atoms with Crippen LogP contribution < -0.4 is 0 Å². The Kier molecular flexibility index (Phi) is 5.04. The second-order valence-corrected chi connectivity index (χ2v) is 4.51. The molecule has 0 radical (unpaired) electrons. The summed E-state index contributed by atoms with van der Waals surface area (Å²) >= 11 is 0. The number of carbonyl (C=O) groups excluding carboxylic acids is 2. The highest BCUT2D eigenvalue weighted by Gasteiger charge is 2.15. The Balaban J connectivity index is 1.83. The van der Waals surface area contributed by atoms with E-state index in [1.54, 1.807) is 49.6 Å². The third-order valence-corrected chi connectivity index (χ3v) is 2.84. The summed E-state index contributed by atoms with van der Waals surface area (Å²) in [7, 11) is 1.57. The van der Waals surface area contributed by atoms with Crippen LogP contribution in [0.5, 0.6) is 0 Å². The Hall–Kier alpha value is -2.69. The summed E-state index contributed by atoms with van der Waals surface area (Å²) in [6.07, 6.45) is 1.63. The minimum Gasteiger partial charge on any atom is -0.458 e. The molecule has 0 aliphatic rings. The van der Waals surface area contributed by atoms with Gasteiger partial charge in [-0.25, -0.2) is 0 Å². The van der Waals surface area contributed by atoms with Gasteiger partial charge < -0.3 is 9.64 Å². The van der Waals surface area contributed by atoms with Gasteiger partial charge in [0, 0.05) is 18.8 Å². The van der Waals surface area contributed by atoms with Crippen LogP contribution in [0.3, 0.4) is 0 Å². The molecule has 0 saturated carbocycles. The van der Waals surface area contributed by atoms with E-state index in [1.165, 1.54) is 4.90 Å². The largest absolute Gasteiger partial charge is 0.458 e. The van der Waals surface area contributed by atoms with Gasteiger partial charge in [-0.05, 0) is 24.3 Å². The Morgan fingerprint density at radius 3 is 2.48 bits per heavy atom. The molecule has 0 fully saturated rings. The summed E-state index contributed by atoms with van der Waals surface area (Å²) in [5.74, 6) is -0.683. The van der Waals surface area contributed by atoms with Gasteiger partial charge in [-0.15, -0.1) is 0 Å². The number of pyridine rings is 1. The number of aromatic nitrogens is 1. The van der Waals surface area contributed by atoms with Crippen LogP contribution in [-0.2, 0) is 16.1 Å². The average molecular weight is 284 g/mol. The highest BCUT2D eigenvalue weighted by Crippen LogP contribution is 2.03. The normalized spacial score (nSPS) is 9.95. The van der Waals surface area contributed by atoms with Gasteiger partial charge in [0.25, 0.3) is 5.91 Å². The van der Waals surface area contributed by atoms with Crippen LogP contribution in [0.1, 0.15) is 16.1 Å². The van der Waals surface area contributed by atoms with Crippen LogP contribution in [-0.4, -0.2) is 35.4 Å². The molecule has 1 aromatic carbocycles. The summed E-state index contributed by atoms with van der Waals surface area (Å²) in [4.78, 5) is 29.2. The average Bonchev–Trinajstić information content (AvgIpc) is 2.54. The first-order valence-corrected chi connectivity index (χ1v) is 6.53. The quantitative estimate of drug-likeness (QED) is 0.787. The lowest BCUT2D eigenvalue weighted by Crippen LogP contribution is -2.33. The van der Waals surface area contributed by atoms with Gasteiger partial charge in [0.2, 0.25) is 0 Å². The van der Waals surface area contributed by atoms with Crippen LogP contribution in [0.4, 0.5) is 0 Å². The van der Waals surface area contributed by atoms with E-state index in [0.717, 1.165) is 0 Å². The lowest BCUT2D eigenvalue weighted by atomic mass is 10.2. The Labute approximate surface area is 123 Å². The van der Waals surface area contributed by atoms with E-state index in [2.05, 4.69) is 4.98 Å². The van der Waals surface area contributed by atoms with Gasteiger partial charge in [-0.3, -0.25) is 14.6 Å². The van der Waals surface area contributed by atoms with Crippen molar-refractivity contribution in [2.24, 2.45) is 0 Å². The van der Waals surface area contributed by atoms with Crippen molar-refractivity contribution in [3.63, 3.8) is 0 Å². The van der Waals surface area contributed by atoms with Crippen molar-refractivity contribution in [2.45, 2.75) is 6.61 Å². The minimum atomic E-state index is -0.465. The summed E-state index contributed by atoms with van der Waals surface area (Å²) in [5, 5.41) is 0. The second-order valence-electron chi connectivity index (χ2n) is 4.51. The molecule has 5 nitrogen and oxygen atoms in total. The van der Waals surface area contributed by atoms with Crippen molar-refractivity contribution in [1.82, 2.24) is 9.88 Å². The standard InChI is InChI=1S/C16H16N2O3/c1-18(16(20)13-7-3-2-4-8-13)11-15(19)21-12-14-9-5-6-10-17-14/h2-10H,11-12H2,1H3. The van der Waals surface area contributed by atoms with E-state index in [-0.39, 0.29) is 19.1 Å². The zero-order chi connectivity index (χ0) is 15.1. The van der Waals surface area contributed by atoms with E-state index in [0.29, 0.717) is 11.3 Å². The van der Waals surface area contributed by atoms with E-state index in [4.69, 9.17) is 4.74 Å². The van der Waals surface area contributed by atoms with Crippen molar-refractivity contribution in [2.75, 3.05) is 13.6 Å². The molecule has 0 bridgehead atoms. The molecule has 1 heterocycles. The number of rotatable bonds is 5. The summed E-state index contributed by atoms with van der Waals surface area (Å²) in [6, 6.07) is 14.2. The maximum atomic E-state index is 12.1. The zero-order valence-electron chi connectivity index (χ0n) is 11.7. The van der Waals surface area contributed by atoms with Crippen LogP contribution in [0.15, 0.2) is 54.7 Å². The minimum absolute atomic E-state index is 0.0967. The second kappa shape index (κ2) is 7.19. The first-order valence-electron chi connectivity index (χ1n) is 6.53. The number of carbonyl (C=O) groups is 2. The van der Waals surface area contributed by atoms with Crippen molar-refractivity contribution >= 4 is 11.9 Å². The molecule has 0 saturated heterocycles. The maximum absolute atomic E-state index is 12.1. The maximum Gasteiger partial charge on any atom is 0.326 e. The van der Waals surface area contributed by atoms with Crippen molar-refractivity contribution in [1.29, 1.82) is 0 Å². The van der Waals surface area contributed by atoms with Crippen LogP contribution >= 0.6 is 0 Å². The fraction of sp³-hybridized carbons (Fsp3) is 0.188. The van der Waals surface area contributed by atoms with E-state index in [9.17, 15) is 9.59 Å². The third-order valence-electron chi connectivity index (χ3n) is 2.84. The molecule has 21 heavy (non-hydrogen) atoms. The van der Waals surface area contributed by atoms with E-state index in [1.807, 2.05) is 12.1 Å². The Bertz CT molecular complexity index is 599. The molecule has 0 unspecified atom stereocenters. The van der Waals surface area contributed by atoms with Crippen LogP contribution in [0.25, 0.3) is 0 Å². The van der Waals surface area contributed by atoms with Gasteiger partial charge in [-0.2, -0.15) is 0 Å². The van der Waals surface area contributed by atoms with Crippen molar-refractivity contribution < 1.29 is 14.3 Å². The molecule has 1 amide bonds. The molecule has 0 atom stereocenters. The third kappa shape index (κ3) is 4.42. The predicted octanol–water partition coefficient (Wildman–Crippen LogP) is 1.90. The Morgan fingerprint density at radius 2 is 1.81 bits per heavy atom. The van der Waals surface area contributed by atoms with E-state index >= 15 is 0 Å². The van der Waals surface area contributed by atoms with Gasteiger partial charge in [0.15, 0.2) is 0 Å². The van der Waals surface area contributed by atoms with Crippen molar-refractivity contribution in [3.8, 4) is 0 Å². The lowest BCUT2D eigenvalue weighted by Gasteiger charge is -2.16. The number of likely N-dealkylation sites (N-methyl/N-ethyl adjacent to an activating group) is 1. The van der Waals surface area contributed by atoms with Gasteiger partial charge in [0.1, 0.15) is 13.2 Å². The molecule has 108 valence electrons. The van der Waals surface area contributed by atoms with Gasteiger partial charge >= 0.3 is 5.97 Å². The van der Waals surface area contributed by atoms with Crippen LogP contribution in [0.2, 0.25) is 0 Å². The molecule has 0 aliphatic carbocycles. The number of hydrogen-bond acceptors (Lipinski definition) is 4. The number of hydrogen-bond donors (Lipinski definition) is 0. The summed E-state index contributed by atoms with van der Waals surface area (Å²) < 4.78 is 5.09.